The lowest BCUT2D eigenvalue weighted by molar-refractivity contribution is -0.142. The van der Waals surface area contributed by atoms with Gasteiger partial charge in [-0.3, -0.25) is 9.78 Å². The summed E-state index contributed by atoms with van der Waals surface area (Å²) in [5.41, 5.74) is 0.918. The van der Waals surface area contributed by atoms with E-state index in [1.165, 1.54) is 120 Å². The Hall–Kier alpha value is -1.53. The number of thioether (sulfide) groups is 1. The van der Waals surface area contributed by atoms with E-state index in [4.69, 9.17) is 14.2 Å². The highest BCUT2D eigenvalue weighted by Gasteiger charge is 2.65. The predicted molar refractivity (Wildman–Crippen MR) is 159 cm³/mol. The van der Waals surface area contributed by atoms with Crippen molar-refractivity contribution in [1.29, 1.82) is 0 Å². The molecule has 1 aliphatic carbocycles. The highest BCUT2D eigenvalue weighted by molar-refractivity contribution is 8.05. The summed E-state index contributed by atoms with van der Waals surface area (Å²) in [6.07, 6.45) is 25.1. The third kappa shape index (κ3) is 13.0. The van der Waals surface area contributed by atoms with Crippen LogP contribution in [0.3, 0.4) is 0 Å². The van der Waals surface area contributed by atoms with E-state index in [9.17, 15) is 4.79 Å². The molecule has 0 bridgehead atoms. The van der Waals surface area contributed by atoms with Crippen LogP contribution in [0.1, 0.15) is 129 Å². The number of esters is 1. The van der Waals surface area contributed by atoms with E-state index in [0.717, 1.165) is 24.5 Å². The van der Waals surface area contributed by atoms with Crippen molar-refractivity contribution >= 4 is 17.7 Å². The van der Waals surface area contributed by atoms with Crippen LogP contribution in [0.4, 0.5) is 0 Å². The molecule has 2 aliphatic rings. The number of carbonyl (C=O) groups excluding carboxylic acids is 1. The van der Waals surface area contributed by atoms with Crippen molar-refractivity contribution in [3.05, 3.63) is 40.8 Å². The largest absolute Gasteiger partial charge is 0.493 e. The fourth-order valence-electron chi connectivity index (χ4n) is 4.57. The van der Waals surface area contributed by atoms with Gasteiger partial charge in [-0.25, -0.2) is 0 Å². The lowest BCUT2D eigenvalue weighted by Gasteiger charge is -2.25. The van der Waals surface area contributed by atoms with E-state index in [1.807, 2.05) is 23.9 Å². The Labute approximate surface area is 236 Å². The average Bonchev–Trinajstić information content (AvgIpc) is 3.37. The summed E-state index contributed by atoms with van der Waals surface area (Å²) in [4.78, 5) is 15.6. The second-order valence-electron chi connectivity index (χ2n) is 10.6. The lowest BCUT2D eigenvalue weighted by Crippen LogP contribution is -2.30. The Balaban J connectivity index is 0.000000384. The van der Waals surface area contributed by atoms with Gasteiger partial charge < -0.3 is 14.2 Å². The van der Waals surface area contributed by atoms with Gasteiger partial charge in [0.05, 0.1) is 11.5 Å². The maximum absolute atomic E-state index is 10.4. The molecule has 2 heterocycles. The van der Waals surface area contributed by atoms with Gasteiger partial charge in [0.25, 0.3) is 0 Å². The van der Waals surface area contributed by atoms with E-state index >= 15 is 0 Å². The topological polar surface area (TPSA) is 57.7 Å². The van der Waals surface area contributed by atoms with Gasteiger partial charge in [-0.2, -0.15) is 0 Å². The summed E-state index contributed by atoms with van der Waals surface area (Å²) in [5.74, 6) is 2.02. The highest BCUT2D eigenvalue weighted by Crippen LogP contribution is 2.64. The van der Waals surface area contributed by atoms with Crippen LogP contribution in [0.2, 0.25) is 0 Å². The Bertz CT molecular complexity index is 785. The molecule has 1 aromatic rings. The maximum atomic E-state index is 10.4. The molecule has 0 saturated carbocycles. The molecule has 5 nitrogen and oxygen atoms in total. The van der Waals surface area contributed by atoms with Crippen LogP contribution in [0, 0.1) is 0 Å². The first-order valence-electron chi connectivity index (χ1n) is 15.3. The summed E-state index contributed by atoms with van der Waals surface area (Å²) in [7, 11) is 0. The summed E-state index contributed by atoms with van der Waals surface area (Å²) in [5, 5.41) is 0. The predicted octanol–water partition coefficient (Wildman–Crippen LogP) is 9.16. The Kier molecular flexibility index (Phi) is 17.5. The number of hydrogen-bond donors (Lipinski definition) is 0. The zero-order valence-electron chi connectivity index (χ0n) is 24.4. The molecule has 1 atom stereocenters. The van der Waals surface area contributed by atoms with Crippen molar-refractivity contribution in [1.82, 2.24) is 4.98 Å². The van der Waals surface area contributed by atoms with Crippen molar-refractivity contribution in [3.8, 4) is 0 Å². The van der Waals surface area contributed by atoms with Crippen LogP contribution in [-0.4, -0.2) is 35.5 Å². The number of unbranched alkanes of at least 4 members (excludes halogenated alkanes) is 14. The number of fused-ring (bicyclic) bond motifs is 1. The minimum Gasteiger partial charge on any atom is -0.493 e. The van der Waals surface area contributed by atoms with Crippen LogP contribution in [0.5, 0.6) is 0 Å². The molecule has 1 unspecified atom stereocenters. The monoisotopic (exact) mass is 547 g/mol. The minimum atomic E-state index is -0.262. The van der Waals surface area contributed by atoms with Gasteiger partial charge in [0, 0.05) is 31.7 Å². The van der Waals surface area contributed by atoms with Crippen LogP contribution >= 0.6 is 11.8 Å². The van der Waals surface area contributed by atoms with Gasteiger partial charge in [0.1, 0.15) is 12.4 Å². The molecular weight excluding hydrogens is 494 g/mol. The molecule has 216 valence electrons. The quantitative estimate of drug-likeness (QED) is 0.107. The summed E-state index contributed by atoms with van der Waals surface area (Å²) in [6, 6.07) is 3.62. The second kappa shape index (κ2) is 20.4. The molecule has 0 aromatic carbocycles. The summed E-state index contributed by atoms with van der Waals surface area (Å²) in [6.45, 7) is 8.07. The van der Waals surface area contributed by atoms with Crippen molar-refractivity contribution < 1.29 is 19.0 Å². The molecular formula is C32H53NO4S. The highest BCUT2D eigenvalue weighted by atomic mass is 32.2. The Morgan fingerprint density at radius 2 is 1.34 bits per heavy atom. The van der Waals surface area contributed by atoms with Crippen molar-refractivity contribution in [2.24, 2.45) is 0 Å². The van der Waals surface area contributed by atoms with Crippen molar-refractivity contribution in [2.75, 3.05) is 19.0 Å². The fourth-order valence-corrected chi connectivity index (χ4v) is 5.79. The summed E-state index contributed by atoms with van der Waals surface area (Å²) >= 11 is 1.93. The third-order valence-electron chi connectivity index (χ3n) is 7.08. The van der Waals surface area contributed by atoms with E-state index in [1.54, 1.807) is 12.4 Å². The van der Waals surface area contributed by atoms with E-state index in [2.05, 4.69) is 18.8 Å². The standard InChI is InChI=1S/C24H44O2S.C8H9NO2/c1-3-5-7-9-11-13-15-17-19-25-22-23-24(22,21-27-23)26-20-18-16-14-12-10-8-6-4-2;1-7(10)11-6-8-2-4-9-5-3-8/h3-21H2,1-2H3;2-5H,6H2,1H3. The van der Waals surface area contributed by atoms with Crippen molar-refractivity contribution in [2.45, 2.75) is 136 Å². The first kappa shape index (κ1) is 32.7. The maximum Gasteiger partial charge on any atom is 0.302 e. The van der Waals surface area contributed by atoms with Crippen LogP contribution in [0.15, 0.2) is 35.2 Å². The molecule has 0 radical (unpaired) electrons. The first-order chi connectivity index (χ1) is 18.6. The number of hydrogen-bond acceptors (Lipinski definition) is 6. The zero-order valence-corrected chi connectivity index (χ0v) is 25.3. The Morgan fingerprint density at radius 1 is 0.816 bits per heavy atom. The smallest absolute Gasteiger partial charge is 0.302 e. The van der Waals surface area contributed by atoms with Gasteiger partial charge in [0.15, 0.2) is 5.60 Å². The van der Waals surface area contributed by atoms with Crippen LogP contribution in [-0.2, 0) is 25.6 Å². The fraction of sp³-hybridized carbons (Fsp3) is 0.750. The molecule has 1 fully saturated rings. The van der Waals surface area contributed by atoms with Crippen molar-refractivity contribution in [3.63, 3.8) is 0 Å². The molecule has 0 N–H and O–H groups in total. The molecule has 1 saturated heterocycles. The number of pyridine rings is 1. The minimum absolute atomic E-state index is 0.0358. The molecule has 1 aromatic heterocycles. The number of aromatic nitrogens is 1. The molecule has 1 aliphatic heterocycles. The SMILES string of the molecule is CC(=O)OCc1ccncc1.CCCCCCCCCCOC1=C2SCC12OCCCCCCCCCC. The average molecular weight is 548 g/mol. The van der Waals surface area contributed by atoms with E-state index in [0.29, 0.717) is 6.61 Å². The lowest BCUT2D eigenvalue weighted by atomic mass is 10.1. The molecule has 0 spiro atoms. The van der Waals surface area contributed by atoms with Gasteiger partial charge in [-0.05, 0) is 30.5 Å². The van der Waals surface area contributed by atoms with Crippen LogP contribution < -0.4 is 0 Å². The number of rotatable bonds is 22. The summed E-state index contributed by atoms with van der Waals surface area (Å²) < 4.78 is 17.0. The number of ether oxygens (including phenoxy) is 3. The van der Waals surface area contributed by atoms with Gasteiger partial charge >= 0.3 is 5.97 Å². The molecule has 0 amide bonds. The molecule has 38 heavy (non-hydrogen) atoms. The first-order valence-corrected chi connectivity index (χ1v) is 16.3. The number of nitrogens with zero attached hydrogens (tertiary/aromatic N) is 1. The van der Waals surface area contributed by atoms with E-state index < -0.39 is 0 Å². The Morgan fingerprint density at radius 3 is 1.84 bits per heavy atom. The van der Waals surface area contributed by atoms with E-state index in [-0.39, 0.29) is 11.6 Å². The number of carbonyl (C=O) groups is 1. The normalized spacial score (nSPS) is 17.2. The van der Waals surface area contributed by atoms with Gasteiger partial charge in [-0.15, -0.1) is 11.8 Å². The van der Waals surface area contributed by atoms with Gasteiger partial charge in [-0.1, -0.05) is 104 Å². The second-order valence-corrected chi connectivity index (χ2v) is 11.5. The third-order valence-corrected chi connectivity index (χ3v) is 8.43. The molecule has 6 heteroatoms. The van der Waals surface area contributed by atoms with Crippen LogP contribution in [0.25, 0.3) is 0 Å². The van der Waals surface area contributed by atoms with Gasteiger partial charge in [0.2, 0.25) is 0 Å². The zero-order chi connectivity index (χ0) is 27.3. The molecule has 3 rings (SSSR count).